The second kappa shape index (κ2) is 6.03. The number of nitrogen functional groups attached to an aromatic ring is 1. The molecule has 110 valence electrons. The van der Waals surface area contributed by atoms with Crippen molar-refractivity contribution < 1.29 is 14.3 Å². The first-order valence-electron chi connectivity index (χ1n) is 6.83. The highest BCUT2D eigenvalue weighted by Crippen LogP contribution is 2.33. The maximum absolute atomic E-state index is 12.5. The maximum Gasteiger partial charge on any atom is 0.255 e. The van der Waals surface area contributed by atoms with Gasteiger partial charge in [0.05, 0.1) is 19.8 Å². The largest absolute Gasteiger partial charge is 0.493 e. The van der Waals surface area contributed by atoms with Gasteiger partial charge in [-0.05, 0) is 24.8 Å². The molecule has 0 saturated heterocycles. The fourth-order valence-corrected chi connectivity index (χ4v) is 2.43. The molecule has 0 heterocycles. The van der Waals surface area contributed by atoms with Crippen LogP contribution >= 0.6 is 0 Å². The lowest BCUT2D eigenvalue weighted by Gasteiger charge is -2.30. The quantitative estimate of drug-likeness (QED) is 0.838. The lowest BCUT2D eigenvalue weighted by atomic mass is 9.85. The standard InChI is InChI=1S/C15H22N2O3/c1-17(9-10-5-4-6-10)15(18)11-7-13(19-2)14(20-3)8-12(11)16/h7-8,10H,4-6,9,16H2,1-3H3. The summed E-state index contributed by atoms with van der Waals surface area (Å²) < 4.78 is 10.4. The van der Waals surface area contributed by atoms with Crippen molar-refractivity contribution in [3.05, 3.63) is 17.7 Å². The number of hydrogen-bond donors (Lipinski definition) is 1. The van der Waals surface area contributed by atoms with Gasteiger partial charge in [-0.2, -0.15) is 0 Å². The zero-order chi connectivity index (χ0) is 14.7. The van der Waals surface area contributed by atoms with Crippen molar-refractivity contribution in [1.82, 2.24) is 4.90 Å². The molecule has 0 atom stereocenters. The van der Waals surface area contributed by atoms with Crippen molar-refractivity contribution in [2.45, 2.75) is 19.3 Å². The van der Waals surface area contributed by atoms with Crippen LogP contribution in [0.25, 0.3) is 0 Å². The highest BCUT2D eigenvalue weighted by Gasteiger charge is 2.24. The van der Waals surface area contributed by atoms with Crippen LogP contribution in [0.15, 0.2) is 12.1 Å². The monoisotopic (exact) mass is 278 g/mol. The third kappa shape index (κ3) is 2.81. The first-order chi connectivity index (χ1) is 9.56. The molecule has 2 N–H and O–H groups in total. The van der Waals surface area contributed by atoms with E-state index in [0.717, 1.165) is 6.54 Å². The molecule has 0 aromatic heterocycles. The molecular weight excluding hydrogens is 256 g/mol. The number of anilines is 1. The number of methoxy groups -OCH3 is 2. The van der Waals surface area contributed by atoms with E-state index in [0.29, 0.717) is 28.7 Å². The number of nitrogens with zero attached hydrogens (tertiary/aromatic N) is 1. The molecule has 1 aliphatic carbocycles. The second-order valence-electron chi connectivity index (χ2n) is 5.28. The number of ether oxygens (including phenoxy) is 2. The lowest BCUT2D eigenvalue weighted by molar-refractivity contribution is 0.0746. The van der Waals surface area contributed by atoms with E-state index in [4.69, 9.17) is 15.2 Å². The van der Waals surface area contributed by atoms with Crippen molar-refractivity contribution in [1.29, 1.82) is 0 Å². The minimum atomic E-state index is -0.0737. The molecular formula is C15H22N2O3. The molecule has 1 fully saturated rings. The van der Waals surface area contributed by atoms with E-state index < -0.39 is 0 Å². The lowest BCUT2D eigenvalue weighted by Crippen LogP contribution is -2.34. The Labute approximate surface area is 119 Å². The van der Waals surface area contributed by atoms with Crippen molar-refractivity contribution in [3.8, 4) is 11.5 Å². The SMILES string of the molecule is COc1cc(N)c(C(=O)N(C)CC2CCC2)cc1OC. The Balaban J connectivity index is 2.19. The third-order valence-corrected chi connectivity index (χ3v) is 3.89. The Morgan fingerprint density at radius 1 is 1.30 bits per heavy atom. The van der Waals surface area contributed by atoms with Crippen LogP contribution in [-0.4, -0.2) is 38.6 Å². The van der Waals surface area contributed by atoms with Gasteiger partial charge in [0.25, 0.3) is 5.91 Å². The Hall–Kier alpha value is -1.91. The summed E-state index contributed by atoms with van der Waals surface area (Å²) >= 11 is 0. The molecule has 0 unspecified atom stereocenters. The summed E-state index contributed by atoms with van der Waals surface area (Å²) in [6.07, 6.45) is 3.68. The van der Waals surface area contributed by atoms with E-state index in [1.54, 1.807) is 31.3 Å². The smallest absolute Gasteiger partial charge is 0.255 e. The normalized spacial score (nSPS) is 14.6. The zero-order valence-corrected chi connectivity index (χ0v) is 12.3. The van der Waals surface area contributed by atoms with Crippen LogP contribution in [0.4, 0.5) is 5.69 Å². The summed E-state index contributed by atoms with van der Waals surface area (Å²) in [7, 11) is 4.90. The third-order valence-electron chi connectivity index (χ3n) is 3.89. The molecule has 2 rings (SSSR count). The van der Waals surface area contributed by atoms with Gasteiger partial charge in [0, 0.05) is 25.3 Å². The molecule has 5 nitrogen and oxygen atoms in total. The average Bonchev–Trinajstić information content (AvgIpc) is 2.41. The van der Waals surface area contributed by atoms with Gasteiger partial charge in [-0.3, -0.25) is 4.79 Å². The number of nitrogens with two attached hydrogens (primary N) is 1. The van der Waals surface area contributed by atoms with E-state index in [1.165, 1.54) is 19.3 Å². The molecule has 0 aliphatic heterocycles. The number of carbonyl (C=O) groups excluding carboxylic acids is 1. The molecule has 1 aromatic carbocycles. The molecule has 20 heavy (non-hydrogen) atoms. The van der Waals surface area contributed by atoms with Crippen molar-refractivity contribution in [2.24, 2.45) is 5.92 Å². The van der Waals surface area contributed by atoms with Crippen LogP contribution < -0.4 is 15.2 Å². The van der Waals surface area contributed by atoms with Crippen molar-refractivity contribution >= 4 is 11.6 Å². The van der Waals surface area contributed by atoms with Gasteiger partial charge in [0.15, 0.2) is 11.5 Å². The summed E-state index contributed by atoms with van der Waals surface area (Å²) in [5, 5.41) is 0. The molecule has 1 saturated carbocycles. The molecule has 1 amide bonds. The first kappa shape index (κ1) is 14.5. The Morgan fingerprint density at radius 2 is 1.90 bits per heavy atom. The minimum Gasteiger partial charge on any atom is -0.493 e. The summed E-state index contributed by atoms with van der Waals surface area (Å²) in [4.78, 5) is 14.2. The fourth-order valence-electron chi connectivity index (χ4n) is 2.43. The number of hydrogen-bond acceptors (Lipinski definition) is 4. The van der Waals surface area contributed by atoms with Gasteiger partial charge >= 0.3 is 0 Å². The summed E-state index contributed by atoms with van der Waals surface area (Å²) in [6, 6.07) is 3.27. The van der Waals surface area contributed by atoms with E-state index >= 15 is 0 Å². The van der Waals surface area contributed by atoms with E-state index in [9.17, 15) is 4.79 Å². The molecule has 1 aliphatic rings. The molecule has 5 heteroatoms. The minimum absolute atomic E-state index is 0.0737. The van der Waals surface area contributed by atoms with Crippen LogP contribution in [0.5, 0.6) is 11.5 Å². The summed E-state index contributed by atoms with van der Waals surface area (Å²) in [6.45, 7) is 0.784. The van der Waals surface area contributed by atoms with Crippen LogP contribution in [0, 0.1) is 5.92 Å². The number of benzene rings is 1. The van der Waals surface area contributed by atoms with E-state index in [2.05, 4.69) is 0 Å². The summed E-state index contributed by atoms with van der Waals surface area (Å²) in [5.74, 6) is 1.60. The van der Waals surface area contributed by atoms with Gasteiger partial charge in [-0.25, -0.2) is 0 Å². The first-order valence-corrected chi connectivity index (χ1v) is 6.83. The van der Waals surface area contributed by atoms with Gasteiger partial charge in [-0.15, -0.1) is 0 Å². The van der Waals surface area contributed by atoms with Crippen LogP contribution in [0.2, 0.25) is 0 Å². The summed E-state index contributed by atoms with van der Waals surface area (Å²) in [5.41, 5.74) is 6.83. The molecule has 1 aromatic rings. The van der Waals surface area contributed by atoms with Gasteiger partial charge in [-0.1, -0.05) is 6.42 Å². The fraction of sp³-hybridized carbons (Fsp3) is 0.533. The average molecular weight is 278 g/mol. The Morgan fingerprint density at radius 3 is 2.40 bits per heavy atom. The second-order valence-corrected chi connectivity index (χ2v) is 5.28. The molecule has 0 bridgehead atoms. The van der Waals surface area contributed by atoms with E-state index in [-0.39, 0.29) is 5.91 Å². The molecule has 0 radical (unpaired) electrons. The number of rotatable bonds is 5. The topological polar surface area (TPSA) is 64.8 Å². The van der Waals surface area contributed by atoms with Gasteiger partial charge < -0.3 is 20.1 Å². The highest BCUT2D eigenvalue weighted by atomic mass is 16.5. The van der Waals surface area contributed by atoms with E-state index in [1.807, 2.05) is 7.05 Å². The number of amides is 1. The van der Waals surface area contributed by atoms with Crippen LogP contribution in [0.3, 0.4) is 0 Å². The number of carbonyl (C=O) groups is 1. The Kier molecular flexibility index (Phi) is 4.37. The predicted octanol–water partition coefficient (Wildman–Crippen LogP) is 2.16. The van der Waals surface area contributed by atoms with Crippen molar-refractivity contribution in [2.75, 3.05) is 33.5 Å². The van der Waals surface area contributed by atoms with Crippen LogP contribution in [0.1, 0.15) is 29.6 Å². The van der Waals surface area contributed by atoms with Crippen molar-refractivity contribution in [3.63, 3.8) is 0 Å². The van der Waals surface area contributed by atoms with Crippen LogP contribution in [-0.2, 0) is 0 Å². The van der Waals surface area contributed by atoms with Gasteiger partial charge in [0.1, 0.15) is 0 Å². The molecule has 0 spiro atoms. The Bertz CT molecular complexity index is 498. The highest BCUT2D eigenvalue weighted by molar-refractivity contribution is 6.00. The predicted molar refractivity (Wildman–Crippen MR) is 78.3 cm³/mol. The zero-order valence-electron chi connectivity index (χ0n) is 12.3. The van der Waals surface area contributed by atoms with Gasteiger partial charge in [0.2, 0.25) is 0 Å². The maximum atomic E-state index is 12.5.